The van der Waals surface area contributed by atoms with Gasteiger partial charge in [-0.25, -0.2) is 0 Å². The van der Waals surface area contributed by atoms with Crippen molar-refractivity contribution in [2.45, 2.75) is 33.5 Å². The van der Waals surface area contributed by atoms with Crippen molar-refractivity contribution < 1.29 is 9.53 Å². The summed E-state index contributed by atoms with van der Waals surface area (Å²) >= 11 is 0. The fourth-order valence-corrected chi connectivity index (χ4v) is 0.646. The van der Waals surface area contributed by atoms with Crippen molar-refractivity contribution >= 4 is 27.3 Å². The fourth-order valence-electron chi connectivity index (χ4n) is 0.646. The van der Waals surface area contributed by atoms with E-state index in [0.29, 0.717) is 12.5 Å². The average molecular weight is 177 g/mol. The molecule has 0 amide bonds. The van der Waals surface area contributed by atoms with Crippen molar-refractivity contribution in [1.29, 1.82) is 0 Å². The van der Waals surface area contributed by atoms with Crippen LogP contribution >= 0.6 is 0 Å². The molecule has 13 heavy (non-hydrogen) atoms. The third kappa shape index (κ3) is 6.79. The fraction of sp³-hybridized carbons (Fsp3) is 0.875. The zero-order valence-corrected chi connectivity index (χ0v) is 8.91. The molecular formula is C8H16B3O2. The van der Waals surface area contributed by atoms with E-state index in [2.05, 4.69) is 0 Å². The average Bonchev–Trinajstić information content (AvgIpc) is 2.00. The minimum atomic E-state index is -0.310. The largest absolute Gasteiger partial charge is 0.474 e. The Morgan fingerprint density at radius 1 is 1.46 bits per heavy atom. The maximum absolute atomic E-state index is 11.1. The van der Waals surface area contributed by atoms with Gasteiger partial charge in [0.15, 0.2) is 0 Å². The third-order valence-electron chi connectivity index (χ3n) is 1.66. The lowest BCUT2D eigenvalue weighted by atomic mass is 9.07. The van der Waals surface area contributed by atoms with Crippen molar-refractivity contribution in [2.24, 2.45) is 5.92 Å². The normalized spacial score (nSPS) is 10.3. The maximum Gasteiger partial charge on any atom is 0.234 e. The van der Waals surface area contributed by atoms with Gasteiger partial charge < -0.3 is 4.74 Å². The lowest BCUT2D eigenvalue weighted by Gasteiger charge is -2.12. The van der Waals surface area contributed by atoms with Crippen LogP contribution in [0.2, 0.25) is 5.82 Å². The molecule has 0 aromatic rings. The Morgan fingerprint density at radius 3 is 2.38 bits per heavy atom. The number of hydrogen-bond donors (Lipinski definition) is 0. The summed E-state index contributed by atoms with van der Waals surface area (Å²) in [6.45, 7) is 8.18. The van der Waals surface area contributed by atoms with Crippen LogP contribution < -0.4 is 0 Å². The van der Waals surface area contributed by atoms with Gasteiger partial charge in [0.05, 0.1) is 13.1 Å². The predicted molar refractivity (Wildman–Crippen MR) is 58.5 cm³/mol. The van der Waals surface area contributed by atoms with Gasteiger partial charge in [0.25, 0.3) is 0 Å². The summed E-state index contributed by atoms with van der Waals surface area (Å²) in [5.74, 6) is 0.328. The van der Waals surface area contributed by atoms with Crippen LogP contribution in [0, 0.1) is 5.92 Å². The molecule has 0 spiro atoms. The number of carbonyl (C=O) groups excluding carboxylic acids is 1. The third-order valence-corrected chi connectivity index (χ3v) is 1.66. The summed E-state index contributed by atoms with van der Waals surface area (Å²) in [6, 6.07) is 0. The van der Waals surface area contributed by atoms with E-state index in [9.17, 15) is 4.79 Å². The monoisotopic (exact) mass is 177 g/mol. The number of rotatable bonds is 5. The molecule has 0 saturated heterocycles. The summed E-state index contributed by atoms with van der Waals surface area (Å²) in [7, 11) is 7.10. The maximum atomic E-state index is 11.1. The summed E-state index contributed by atoms with van der Waals surface area (Å²) in [4.78, 5) is 11.1. The van der Waals surface area contributed by atoms with Gasteiger partial charge in [-0.3, -0.25) is 4.79 Å². The smallest absolute Gasteiger partial charge is 0.234 e. The van der Waals surface area contributed by atoms with Gasteiger partial charge in [-0.1, -0.05) is 33.5 Å². The van der Waals surface area contributed by atoms with Crippen LogP contribution in [0.25, 0.3) is 0 Å². The predicted octanol–water partition coefficient (Wildman–Crippen LogP) is 1.55. The second-order valence-corrected chi connectivity index (χ2v) is 4.01. The van der Waals surface area contributed by atoms with E-state index in [1.807, 2.05) is 27.7 Å². The molecule has 0 atom stereocenters. The van der Waals surface area contributed by atoms with E-state index in [-0.39, 0.29) is 18.2 Å². The highest BCUT2D eigenvalue weighted by Gasteiger charge is 2.17. The van der Waals surface area contributed by atoms with Gasteiger partial charge in [0, 0.05) is 7.74 Å². The van der Waals surface area contributed by atoms with Crippen LogP contribution in [0.5, 0.6) is 0 Å². The van der Waals surface area contributed by atoms with E-state index in [0.717, 1.165) is 0 Å². The molecule has 3 radical (unpaired) electrons. The number of carbonyl (C=O) groups is 1. The molecule has 0 aliphatic heterocycles. The van der Waals surface area contributed by atoms with Gasteiger partial charge in [0.1, 0.15) is 0 Å². The van der Waals surface area contributed by atoms with E-state index >= 15 is 0 Å². The van der Waals surface area contributed by atoms with Crippen LogP contribution in [-0.4, -0.2) is 33.9 Å². The zero-order valence-electron chi connectivity index (χ0n) is 8.91. The van der Waals surface area contributed by atoms with Gasteiger partial charge in [-0.15, -0.1) is 0 Å². The molecule has 0 fully saturated rings. The number of hydrogen-bond acceptors (Lipinski definition) is 2. The topological polar surface area (TPSA) is 26.3 Å². The van der Waals surface area contributed by atoms with Crippen LogP contribution in [0.1, 0.15) is 27.7 Å². The van der Waals surface area contributed by atoms with Crippen molar-refractivity contribution in [3.05, 3.63) is 0 Å². The molecule has 0 heterocycles. The minimum Gasteiger partial charge on any atom is -0.474 e. The highest BCUT2D eigenvalue weighted by molar-refractivity contribution is 7.42. The Hall–Kier alpha value is -0.335. The first kappa shape index (κ1) is 12.7. The van der Waals surface area contributed by atoms with Gasteiger partial charge >= 0.3 is 0 Å². The number of ether oxygens (including phenoxy) is 1. The van der Waals surface area contributed by atoms with E-state index < -0.39 is 0 Å². The molecule has 0 unspecified atom stereocenters. The van der Waals surface area contributed by atoms with Crippen LogP contribution in [0.15, 0.2) is 0 Å². The van der Waals surface area contributed by atoms with Gasteiger partial charge in [-0.05, 0) is 5.92 Å². The Labute approximate surface area is 83.5 Å². The Kier molecular flexibility index (Phi) is 6.01. The van der Waals surface area contributed by atoms with Crippen molar-refractivity contribution in [1.82, 2.24) is 0 Å². The second kappa shape index (κ2) is 6.17. The van der Waals surface area contributed by atoms with Crippen molar-refractivity contribution in [3.63, 3.8) is 0 Å². The highest BCUT2D eigenvalue weighted by atomic mass is 16.5. The van der Waals surface area contributed by atoms with Crippen molar-refractivity contribution in [3.8, 4) is 0 Å². The van der Waals surface area contributed by atoms with E-state index in [1.165, 1.54) is 7.17 Å². The lowest BCUT2D eigenvalue weighted by molar-refractivity contribution is 0.158. The first-order chi connectivity index (χ1) is 5.93. The minimum absolute atomic E-state index is 0.209. The molecule has 0 aliphatic carbocycles. The van der Waals surface area contributed by atoms with Gasteiger partial charge in [0.2, 0.25) is 13.0 Å². The van der Waals surface area contributed by atoms with Crippen LogP contribution in [0.3, 0.4) is 0 Å². The molecule has 0 saturated carbocycles. The van der Waals surface area contributed by atoms with E-state index in [4.69, 9.17) is 12.5 Å². The Morgan fingerprint density at radius 2 is 2.00 bits per heavy atom. The first-order valence-electron chi connectivity index (χ1n) is 4.70. The molecule has 2 nitrogen and oxygen atoms in total. The summed E-state index contributed by atoms with van der Waals surface area (Å²) in [5.41, 5.74) is 0. The lowest BCUT2D eigenvalue weighted by Crippen LogP contribution is -2.33. The first-order valence-corrected chi connectivity index (χ1v) is 4.70. The quantitative estimate of drug-likeness (QED) is 0.595. The molecule has 5 heteroatoms. The van der Waals surface area contributed by atoms with Crippen LogP contribution in [0.4, 0.5) is 4.79 Å². The Balaban J connectivity index is 3.62. The molecule has 0 aliphatic rings. The van der Waals surface area contributed by atoms with E-state index in [1.54, 1.807) is 0 Å². The zero-order chi connectivity index (χ0) is 10.4. The second-order valence-electron chi connectivity index (χ2n) is 4.01. The molecule has 0 aromatic carbocycles. The van der Waals surface area contributed by atoms with Crippen LogP contribution in [-0.2, 0) is 4.74 Å². The summed E-state index contributed by atoms with van der Waals surface area (Å²) < 4.78 is 4.95. The SMILES string of the molecule is [B]B([B]C(=O)OCC(C)C)C(C)C. The molecule has 69 valence electrons. The Bertz CT molecular complexity index is 159. The van der Waals surface area contributed by atoms with Crippen molar-refractivity contribution in [2.75, 3.05) is 6.61 Å². The summed E-state index contributed by atoms with van der Waals surface area (Å²) in [6.07, 6.45) is 0. The highest BCUT2D eigenvalue weighted by Crippen LogP contribution is 2.03. The molecule has 0 bridgehead atoms. The molecule has 0 N–H and O–H groups in total. The molecule has 0 rings (SSSR count). The molecular weight excluding hydrogens is 161 g/mol. The molecule has 0 aromatic heterocycles. The summed E-state index contributed by atoms with van der Waals surface area (Å²) in [5, 5.41) is 0. The standard InChI is InChI=1S/C8H16B3O2/c1-6(2)5-13-8(12)10-11(9)7(3)4/h6-7H,5H2,1-4H3. The van der Waals surface area contributed by atoms with Gasteiger partial charge in [-0.2, -0.15) is 0 Å².